The monoisotopic (exact) mass is 674 g/mol. The van der Waals surface area contributed by atoms with Crippen LogP contribution in [0.4, 0.5) is 0 Å². The van der Waals surface area contributed by atoms with Crippen LogP contribution in [0.5, 0.6) is 0 Å². The molecule has 48 heavy (non-hydrogen) atoms. The van der Waals surface area contributed by atoms with Crippen LogP contribution in [-0.2, 0) is 28.6 Å². The summed E-state index contributed by atoms with van der Waals surface area (Å²) in [6.07, 6.45) is 2.34. The number of aliphatic hydroxyl groups excluding tert-OH is 3. The smallest absolute Gasteiger partial charge is 0.303 e. The van der Waals surface area contributed by atoms with Gasteiger partial charge in [0.25, 0.3) is 0 Å². The van der Waals surface area contributed by atoms with Crippen molar-refractivity contribution in [1.29, 1.82) is 0 Å². The maximum Gasteiger partial charge on any atom is 0.303 e. The second-order valence-electron chi connectivity index (χ2n) is 17.0. The minimum atomic E-state index is -1.98. The van der Waals surface area contributed by atoms with Gasteiger partial charge in [-0.3, -0.25) is 14.4 Å². The summed E-state index contributed by atoms with van der Waals surface area (Å²) in [5.41, 5.74) is -4.81. The average Bonchev–Trinajstić information content (AvgIpc) is 3.21. The number of fused-ring (bicyclic) bond motifs is 5. The van der Waals surface area contributed by atoms with Crippen molar-refractivity contribution in [2.45, 2.75) is 130 Å². The largest absolute Gasteiger partial charge is 0.505 e. The molecule has 0 amide bonds. The van der Waals surface area contributed by atoms with Gasteiger partial charge in [-0.1, -0.05) is 38.5 Å². The first kappa shape index (κ1) is 36.9. The lowest BCUT2D eigenvalue weighted by atomic mass is 9.39. The molecule has 1 heterocycles. The van der Waals surface area contributed by atoms with Gasteiger partial charge in [0, 0.05) is 18.8 Å². The van der Waals surface area contributed by atoms with Crippen molar-refractivity contribution in [3.05, 3.63) is 35.6 Å². The number of carbonyl (C=O) groups is 3. The van der Waals surface area contributed by atoms with Crippen LogP contribution in [0, 0.1) is 39.4 Å². The molecule has 0 spiro atoms. The van der Waals surface area contributed by atoms with Gasteiger partial charge < -0.3 is 39.7 Å². The molecule has 11 nitrogen and oxygen atoms in total. The Hall–Kier alpha value is -2.41. The molecule has 0 aromatic heterocycles. The van der Waals surface area contributed by atoms with Crippen LogP contribution in [0.1, 0.15) is 88.0 Å². The lowest BCUT2D eigenvalue weighted by molar-refractivity contribution is -0.294. The van der Waals surface area contributed by atoms with E-state index in [1.54, 1.807) is 6.08 Å². The summed E-state index contributed by atoms with van der Waals surface area (Å²) in [6.45, 7) is 15.6. The third-order valence-corrected chi connectivity index (χ3v) is 13.0. The van der Waals surface area contributed by atoms with Crippen LogP contribution in [0.3, 0.4) is 0 Å². The van der Waals surface area contributed by atoms with Crippen LogP contribution in [0.15, 0.2) is 35.6 Å². The summed E-state index contributed by atoms with van der Waals surface area (Å²) in [7, 11) is 0. The molecule has 3 fully saturated rings. The fourth-order valence-electron chi connectivity index (χ4n) is 10.3. The van der Waals surface area contributed by atoms with Crippen LogP contribution < -0.4 is 0 Å². The molecular formula is C37H54O11. The van der Waals surface area contributed by atoms with E-state index in [-0.39, 0.29) is 35.4 Å². The van der Waals surface area contributed by atoms with E-state index in [0.29, 0.717) is 25.7 Å². The zero-order chi connectivity index (χ0) is 36.0. The standard InChI is InChI=1S/C37H54O11/c1-19(38)47-28-27(42)23(40)18-46-31(28)48-24-17-36(8)25-11-10-20-21(16-22(39)30(43)33(20,4)5)34(25,6)14-15-35(36,7)29(24)37(9,45)26(41)12-13-32(2,3)44/h10,12-13,16,21,23-25,27-29,31,39-40,42,44-45H,11,14-15,17-18H2,1-9H3/b13-12+/t21-,23+,24-,25-,27-,28+,29+,31-,34+,35-,36+,37-/m1/s1. The van der Waals surface area contributed by atoms with Gasteiger partial charge in [-0.25, -0.2) is 0 Å². The van der Waals surface area contributed by atoms with Crippen molar-refractivity contribution in [3.63, 3.8) is 0 Å². The van der Waals surface area contributed by atoms with E-state index in [4.69, 9.17) is 14.2 Å². The molecule has 0 radical (unpaired) electrons. The van der Waals surface area contributed by atoms with Crippen LogP contribution in [-0.4, -0.2) is 91.6 Å². The highest BCUT2D eigenvalue weighted by atomic mass is 16.7. The third-order valence-electron chi connectivity index (χ3n) is 13.0. The van der Waals surface area contributed by atoms with E-state index >= 15 is 0 Å². The Kier molecular flexibility index (Phi) is 9.09. The van der Waals surface area contributed by atoms with Crippen molar-refractivity contribution in [3.8, 4) is 0 Å². The Morgan fingerprint density at radius 2 is 1.69 bits per heavy atom. The van der Waals surface area contributed by atoms with Crippen molar-refractivity contribution >= 4 is 17.5 Å². The fraction of sp³-hybridized carbons (Fsp3) is 0.757. The quantitative estimate of drug-likeness (QED) is 0.152. The van der Waals surface area contributed by atoms with Crippen LogP contribution >= 0.6 is 0 Å². The summed E-state index contributed by atoms with van der Waals surface area (Å²) in [5, 5.41) is 54.6. The molecule has 2 saturated carbocycles. The minimum absolute atomic E-state index is 0.0246. The van der Waals surface area contributed by atoms with Crippen molar-refractivity contribution in [2.75, 3.05) is 6.61 Å². The fourth-order valence-corrected chi connectivity index (χ4v) is 10.3. The highest BCUT2D eigenvalue weighted by molar-refractivity contribution is 6.01. The van der Waals surface area contributed by atoms with Gasteiger partial charge in [-0.2, -0.15) is 0 Å². The molecule has 4 aliphatic carbocycles. The third kappa shape index (κ3) is 5.62. The molecule has 12 atom stereocenters. The zero-order valence-corrected chi connectivity index (χ0v) is 29.6. The number of hydrogen-bond acceptors (Lipinski definition) is 11. The summed E-state index contributed by atoms with van der Waals surface area (Å²) in [5.74, 6) is -2.88. The van der Waals surface area contributed by atoms with Gasteiger partial charge in [-0.05, 0) is 94.6 Å². The number of rotatable bonds is 7. The molecule has 0 bridgehead atoms. The molecule has 5 aliphatic rings. The Labute approximate surface area is 283 Å². The number of aliphatic hydroxyl groups is 5. The average molecular weight is 675 g/mol. The molecule has 11 heteroatoms. The van der Waals surface area contributed by atoms with E-state index in [0.717, 1.165) is 5.57 Å². The molecule has 1 aliphatic heterocycles. The first-order chi connectivity index (χ1) is 21.9. The summed E-state index contributed by atoms with van der Waals surface area (Å²) in [4.78, 5) is 38.9. The van der Waals surface area contributed by atoms with E-state index < -0.39 is 75.8 Å². The Bertz CT molecular complexity index is 1430. The predicted molar refractivity (Wildman–Crippen MR) is 174 cm³/mol. The number of carbonyl (C=O) groups excluding carboxylic acids is 3. The second-order valence-corrected chi connectivity index (χ2v) is 17.0. The van der Waals surface area contributed by atoms with Gasteiger partial charge >= 0.3 is 5.97 Å². The van der Waals surface area contributed by atoms with Gasteiger partial charge in [0.2, 0.25) is 5.78 Å². The lowest BCUT2D eigenvalue weighted by Gasteiger charge is -2.64. The Morgan fingerprint density at radius 3 is 2.29 bits per heavy atom. The van der Waals surface area contributed by atoms with Crippen molar-refractivity contribution in [2.24, 2.45) is 39.4 Å². The number of ketones is 2. The first-order valence-corrected chi connectivity index (χ1v) is 17.1. The maximum atomic E-state index is 13.9. The first-order valence-electron chi connectivity index (χ1n) is 17.1. The van der Waals surface area contributed by atoms with Gasteiger partial charge in [0.15, 0.2) is 23.9 Å². The van der Waals surface area contributed by atoms with Crippen LogP contribution in [0.25, 0.3) is 0 Å². The Balaban J connectivity index is 1.61. The zero-order valence-electron chi connectivity index (χ0n) is 29.6. The normalized spacial score (nSPS) is 43.7. The molecule has 0 aromatic carbocycles. The lowest BCUT2D eigenvalue weighted by Crippen LogP contribution is -2.61. The van der Waals surface area contributed by atoms with Crippen molar-refractivity contribution in [1.82, 2.24) is 0 Å². The highest BCUT2D eigenvalue weighted by Gasteiger charge is 2.73. The molecule has 5 rings (SSSR count). The minimum Gasteiger partial charge on any atom is -0.505 e. The topological polar surface area (TPSA) is 180 Å². The van der Waals surface area contributed by atoms with Gasteiger partial charge in [-0.15, -0.1) is 0 Å². The molecule has 0 unspecified atom stereocenters. The number of Topliss-reactive ketones (excluding diaryl/α,β-unsaturated/α-hetero) is 1. The SMILES string of the molecule is CC(=O)O[C@@H]1[C@@H](O[C@@H]2C[C@@]3(C)[C@@H]4CC=C5[C@@H](C=C(O)C(=O)C5(C)C)[C@]4(C)CC[C@]3(C)[C@H]2[C@](C)(O)C(=O)/C=C/C(C)(C)O)OC[C@H](O)[C@H]1O. The molecule has 0 aromatic rings. The summed E-state index contributed by atoms with van der Waals surface area (Å²) < 4.78 is 17.8. The van der Waals surface area contributed by atoms with Gasteiger partial charge in [0.1, 0.15) is 17.8 Å². The maximum absolute atomic E-state index is 13.9. The van der Waals surface area contributed by atoms with E-state index in [9.17, 15) is 39.9 Å². The van der Waals surface area contributed by atoms with E-state index in [1.165, 1.54) is 39.8 Å². The number of ether oxygens (including phenoxy) is 3. The highest BCUT2D eigenvalue weighted by Crippen LogP contribution is 2.75. The summed E-state index contributed by atoms with van der Waals surface area (Å²) >= 11 is 0. The Morgan fingerprint density at radius 1 is 1.04 bits per heavy atom. The van der Waals surface area contributed by atoms with E-state index in [1.807, 2.05) is 13.8 Å². The van der Waals surface area contributed by atoms with E-state index in [2.05, 4.69) is 26.8 Å². The number of esters is 1. The second kappa shape index (κ2) is 11.8. The summed E-state index contributed by atoms with van der Waals surface area (Å²) in [6, 6.07) is 0. The molecule has 1 saturated heterocycles. The predicted octanol–water partition coefficient (Wildman–Crippen LogP) is 3.47. The molecule has 5 N–H and O–H groups in total. The van der Waals surface area contributed by atoms with Crippen LogP contribution in [0.2, 0.25) is 0 Å². The number of hydrogen-bond donors (Lipinski definition) is 5. The van der Waals surface area contributed by atoms with Crippen molar-refractivity contribution < 1.29 is 54.1 Å². The molecule has 268 valence electrons. The van der Waals surface area contributed by atoms with Gasteiger partial charge in [0.05, 0.1) is 23.7 Å². The number of allylic oxidation sites excluding steroid dienone is 4. The molecular weight excluding hydrogens is 620 g/mol.